The van der Waals surface area contributed by atoms with E-state index in [9.17, 15) is 4.79 Å². The lowest BCUT2D eigenvalue weighted by Gasteiger charge is -2.18. The highest BCUT2D eigenvalue weighted by Crippen LogP contribution is 2.10. The molecule has 0 saturated carbocycles. The standard InChI is InChI=1S/C12H19N3O/c1-12(2,3)8-15-11(16)10-5-4-9(6-13)7-14-10/h4-5,7H,6,8,13H2,1-3H3,(H,15,16). The number of nitrogens with two attached hydrogens (primary N) is 1. The van der Waals surface area contributed by atoms with E-state index >= 15 is 0 Å². The van der Waals surface area contributed by atoms with Gasteiger partial charge in [-0.15, -0.1) is 0 Å². The average molecular weight is 221 g/mol. The Morgan fingerprint density at radius 2 is 2.12 bits per heavy atom. The van der Waals surface area contributed by atoms with Crippen LogP contribution >= 0.6 is 0 Å². The second kappa shape index (κ2) is 5.07. The van der Waals surface area contributed by atoms with Crippen molar-refractivity contribution in [1.29, 1.82) is 0 Å². The van der Waals surface area contributed by atoms with E-state index in [4.69, 9.17) is 5.73 Å². The lowest BCUT2D eigenvalue weighted by atomic mass is 9.97. The Balaban J connectivity index is 2.59. The SMILES string of the molecule is CC(C)(C)CNC(=O)c1ccc(CN)cn1. The second-order valence-corrected chi connectivity index (χ2v) is 5.00. The predicted molar refractivity (Wildman–Crippen MR) is 63.9 cm³/mol. The molecule has 0 radical (unpaired) electrons. The monoisotopic (exact) mass is 221 g/mol. The van der Waals surface area contributed by atoms with Gasteiger partial charge in [0.2, 0.25) is 0 Å². The van der Waals surface area contributed by atoms with Crippen LogP contribution in [0, 0.1) is 5.41 Å². The van der Waals surface area contributed by atoms with Gasteiger partial charge in [-0.2, -0.15) is 0 Å². The molecule has 4 heteroatoms. The fraction of sp³-hybridized carbons (Fsp3) is 0.500. The summed E-state index contributed by atoms with van der Waals surface area (Å²) >= 11 is 0. The summed E-state index contributed by atoms with van der Waals surface area (Å²) in [5.41, 5.74) is 6.88. The molecule has 1 amide bonds. The van der Waals surface area contributed by atoms with E-state index in [2.05, 4.69) is 31.1 Å². The van der Waals surface area contributed by atoms with Crippen molar-refractivity contribution in [2.24, 2.45) is 11.1 Å². The lowest BCUT2D eigenvalue weighted by Crippen LogP contribution is -2.32. The maximum Gasteiger partial charge on any atom is 0.269 e. The van der Waals surface area contributed by atoms with Crippen LogP contribution in [0.25, 0.3) is 0 Å². The number of hydrogen-bond donors (Lipinski definition) is 2. The molecule has 0 atom stereocenters. The Morgan fingerprint density at radius 3 is 2.56 bits per heavy atom. The van der Waals surface area contributed by atoms with Gasteiger partial charge in [-0.25, -0.2) is 0 Å². The molecule has 0 saturated heterocycles. The van der Waals surface area contributed by atoms with E-state index in [1.165, 1.54) is 0 Å². The van der Waals surface area contributed by atoms with E-state index in [0.717, 1.165) is 5.56 Å². The second-order valence-electron chi connectivity index (χ2n) is 5.00. The van der Waals surface area contributed by atoms with Crippen LogP contribution < -0.4 is 11.1 Å². The molecule has 0 unspecified atom stereocenters. The van der Waals surface area contributed by atoms with E-state index < -0.39 is 0 Å². The summed E-state index contributed by atoms with van der Waals surface area (Å²) in [5, 5.41) is 2.84. The normalized spacial score (nSPS) is 11.2. The van der Waals surface area contributed by atoms with Crippen molar-refractivity contribution in [2.75, 3.05) is 6.54 Å². The van der Waals surface area contributed by atoms with Crippen molar-refractivity contribution >= 4 is 5.91 Å². The molecule has 0 aliphatic heterocycles. The largest absolute Gasteiger partial charge is 0.350 e. The highest BCUT2D eigenvalue weighted by atomic mass is 16.1. The number of carbonyl (C=O) groups excluding carboxylic acids is 1. The summed E-state index contributed by atoms with van der Waals surface area (Å²) in [6, 6.07) is 3.51. The Labute approximate surface area is 96.3 Å². The number of nitrogens with one attached hydrogen (secondary N) is 1. The van der Waals surface area contributed by atoms with Gasteiger partial charge >= 0.3 is 0 Å². The summed E-state index contributed by atoms with van der Waals surface area (Å²) in [5.74, 6) is -0.140. The van der Waals surface area contributed by atoms with Gasteiger partial charge in [-0.3, -0.25) is 9.78 Å². The minimum atomic E-state index is -0.140. The smallest absolute Gasteiger partial charge is 0.269 e. The van der Waals surface area contributed by atoms with Gasteiger partial charge in [0.25, 0.3) is 5.91 Å². The molecular weight excluding hydrogens is 202 g/mol. The van der Waals surface area contributed by atoms with E-state index in [0.29, 0.717) is 18.8 Å². The fourth-order valence-corrected chi connectivity index (χ4v) is 1.12. The molecule has 1 aromatic rings. The maximum absolute atomic E-state index is 11.7. The van der Waals surface area contributed by atoms with Crippen LogP contribution in [0.15, 0.2) is 18.3 Å². The zero-order valence-electron chi connectivity index (χ0n) is 10.1. The van der Waals surface area contributed by atoms with Gasteiger partial charge in [0, 0.05) is 19.3 Å². The van der Waals surface area contributed by atoms with E-state index in [1.807, 2.05) is 6.07 Å². The first-order valence-corrected chi connectivity index (χ1v) is 5.35. The molecule has 0 aromatic carbocycles. The Morgan fingerprint density at radius 1 is 1.44 bits per heavy atom. The lowest BCUT2D eigenvalue weighted by molar-refractivity contribution is 0.0934. The third-order valence-electron chi connectivity index (χ3n) is 2.07. The number of carbonyl (C=O) groups is 1. The first-order valence-electron chi connectivity index (χ1n) is 5.35. The van der Waals surface area contributed by atoms with Gasteiger partial charge in [-0.1, -0.05) is 26.8 Å². The van der Waals surface area contributed by atoms with E-state index in [-0.39, 0.29) is 11.3 Å². The number of rotatable bonds is 3. The van der Waals surface area contributed by atoms with Crippen molar-refractivity contribution in [1.82, 2.24) is 10.3 Å². The maximum atomic E-state index is 11.7. The molecule has 1 aromatic heterocycles. The van der Waals surface area contributed by atoms with Crippen molar-refractivity contribution in [3.63, 3.8) is 0 Å². The van der Waals surface area contributed by atoms with Gasteiger partial charge in [0.15, 0.2) is 0 Å². The molecular formula is C12H19N3O. The van der Waals surface area contributed by atoms with Crippen LogP contribution in [-0.2, 0) is 6.54 Å². The minimum absolute atomic E-state index is 0.0762. The van der Waals surface area contributed by atoms with Gasteiger partial charge in [0.1, 0.15) is 5.69 Å². The van der Waals surface area contributed by atoms with Gasteiger partial charge in [-0.05, 0) is 17.0 Å². The van der Waals surface area contributed by atoms with Gasteiger partial charge < -0.3 is 11.1 Å². The third kappa shape index (κ3) is 3.98. The fourth-order valence-electron chi connectivity index (χ4n) is 1.12. The molecule has 0 aliphatic rings. The van der Waals surface area contributed by atoms with Crippen molar-refractivity contribution < 1.29 is 4.79 Å². The number of amides is 1. The Hall–Kier alpha value is -1.42. The predicted octanol–water partition coefficient (Wildman–Crippen LogP) is 1.32. The van der Waals surface area contributed by atoms with Crippen LogP contribution in [0.5, 0.6) is 0 Å². The van der Waals surface area contributed by atoms with Crippen LogP contribution in [0.4, 0.5) is 0 Å². The summed E-state index contributed by atoms with van der Waals surface area (Å²) in [7, 11) is 0. The average Bonchev–Trinajstić information content (AvgIpc) is 2.25. The minimum Gasteiger partial charge on any atom is -0.350 e. The van der Waals surface area contributed by atoms with Crippen molar-refractivity contribution in [3.8, 4) is 0 Å². The Kier molecular flexibility index (Phi) is 4.01. The summed E-state index contributed by atoms with van der Waals surface area (Å²) in [6.07, 6.45) is 1.63. The number of nitrogens with zero attached hydrogens (tertiary/aromatic N) is 1. The molecule has 16 heavy (non-hydrogen) atoms. The van der Waals surface area contributed by atoms with Crippen LogP contribution in [0.2, 0.25) is 0 Å². The summed E-state index contributed by atoms with van der Waals surface area (Å²) in [6.45, 7) is 7.28. The molecule has 0 bridgehead atoms. The van der Waals surface area contributed by atoms with Crippen molar-refractivity contribution in [3.05, 3.63) is 29.6 Å². The zero-order chi connectivity index (χ0) is 12.2. The number of aromatic nitrogens is 1. The van der Waals surface area contributed by atoms with Crippen molar-refractivity contribution in [2.45, 2.75) is 27.3 Å². The highest BCUT2D eigenvalue weighted by Gasteiger charge is 2.13. The van der Waals surface area contributed by atoms with Crippen LogP contribution in [0.3, 0.4) is 0 Å². The molecule has 4 nitrogen and oxygen atoms in total. The van der Waals surface area contributed by atoms with E-state index in [1.54, 1.807) is 12.3 Å². The topological polar surface area (TPSA) is 68.0 Å². The first-order chi connectivity index (χ1) is 7.42. The van der Waals surface area contributed by atoms with Crippen LogP contribution in [0.1, 0.15) is 36.8 Å². The summed E-state index contributed by atoms with van der Waals surface area (Å²) < 4.78 is 0. The molecule has 1 rings (SSSR count). The molecule has 0 spiro atoms. The molecule has 1 heterocycles. The molecule has 88 valence electrons. The molecule has 0 fully saturated rings. The van der Waals surface area contributed by atoms with Crippen LogP contribution in [-0.4, -0.2) is 17.4 Å². The molecule has 3 N–H and O–H groups in total. The zero-order valence-corrected chi connectivity index (χ0v) is 10.1. The number of pyridine rings is 1. The molecule has 0 aliphatic carbocycles. The summed E-state index contributed by atoms with van der Waals surface area (Å²) in [4.78, 5) is 15.7. The first kappa shape index (κ1) is 12.6. The highest BCUT2D eigenvalue weighted by molar-refractivity contribution is 5.92. The van der Waals surface area contributed by atoms with Gasteiger partial charge in [0.05, 0.1) is 0 Å². The Bertz CT molecular complexity index is 352. The number of hydrogen-bond acceptors (Lipinski definition) is 3. The third-order valence-corrected chi connectivity index (χ3v) is 2.07. The quantitative estimate of drug-likeness (QED) is 0.808.